The van der Waals surface area contributed by atoms with E-state index in [0.717, 1.165) is 32.2 Å². The van der Waals surface area contributed by atoms with Gasteiger partial charge in [0.25, 0.3) is 5.91 Å². The summed E-state index contributed by atoms with van der Waals surface area (Å²) in [6.45, 7) is 3.38. The van der Waals surface area contributed by atoms with Crippen LogP contribution in [0.25, 0.3) is 0 Å². The highest BCUT2D eigenvalue weighted by atomic mass is 32.1. The van der Waals surface area contributed by atoms with Gasteiger partial charge in [-0.15, -0.1) is 11.3 Å². The molecule has 2 atom stereocenters. The van der Waals surface area contributed by atoms with Crippen LogP contribution in [0, 0.1) is 5.92 Å². The summed E-state index contributed by atoms with van der Waals surface area (Å²) in [5, 5.41) is 1.90. The normalized spacial score (nSPS) is 27.8. The fourth-order valence-corrected chi connectivity index (χ4v) is 4.78. The summed E-state index contributed by atoms with van der Waals surface area (Å²) in [5.41, 5.74) is 0. The van der Waals surface area contributed by atoms with Gasteiger partial charge in [-0.25, -0.2) is 0 Å². The second-order valence-corrected chi connectivity index (χ2v) is 7.88. The van der Waals surface area contributed by atoms with Crippen LogP contribution in [0.15, 0.2) is 17.5 Å². The number of likely N-dealkylation sites (tertiary alicyclic amines) is 2. The molecule has 0 spiro atoms. The summed E-state index contributed by atoms with van der Waals surface area (Å²) in [6, 6.07) is 3.39. The van der Waals surface area contributed by atoms with E-state index in [0.29, 0.717) is 31.2 Å². The summed E-state index contributed by atoms with van der Waals surface area (Å²) < 4.78 is 11.3. The van der Waals surface area contributed by atoms with E-state index in [2.05, 4.69) is 0 Å². The topological polar surface area (TPSA) is 59.1 Å². The molecule has 0 N–H and O–H groups in total. The Labute approximate surface area is 151 Å². The summed E-state index contributed by atoms with van der Waals surface area (Å²) >= 11 is 1.44. The van der Waals surface area contributed by atoms with E-state index >= 15 is 0 Å². The number of piperidine rings is 1. The maximum Gasteiger partial charge on any atom is 0.264 e. The fourth-order valence-electron chi connectivity index (χ4n) is 4.10. The molecule has 3 saturated heterocycles. The van der Waals surface area contributed by atoms with E-state index in [4.69, 9.17) is 9.47 Å². The summed E-state index contributed by atoms with van der Waals surface area (Å²) in [4.78, 5) is 30.2. The number of thiophene rings is 1. The first-order chi connectivity index (χ1) is 12.2. The van der Waals surface area contributed by atoms with Crippen molar-refractivity contribution in [2.45, 2.75) is 38.0 Å². The lowest BCUT2D eigenvalue weighted by Crippen LogP contribution is -2.51. The highest BCUT2D eigenvalue weighted by Gasteiger charge is 2.40. The first-order valence-electron chi connectivity index (χ1n) is 9.10. The molecule has 3 aliphatic heterocycles. The van der Waals surface area contributed by atoms with Crippen molar-refractivity contribution >= 4 is 23.2 Å². The molecule has 1 aromatic heterocycles. The first kappa shape index (κ1) is 17.0. The zero-order valence-corrected chi connectivity index (χ0v) is 15.1. The van der Waals surface area contributed by atoms with Gasteiger partial charge in [0.2, 0.25) is 5.91 Å². The second-order valence-electron chi connectivity index (χ2n) is 6.93. The van der Waals surface area contributed by atoms with Crippen LogP contribution < -0.4 is 0 Å². The summed E-state index contributed by atoms with van der Waals surface area (Å²) in [6.07, 6.45) is 3.46. The molecule has 0 aromatic carbocycles. The molecular weight excluding hydrogens is 340 g/mol. The zero-order valence-electron chi connectivity index (χ0n) is 14.3. The monoisotopic (exact) mass is 364 g/mol. The quantitative estimate of drug-likeness (QED) is 0.823. The van der Waals surface area contributed by atoms with Crippen molar-refractivity contribution < 1.29 is 19.1 Å². The number of ether oxygens (including phenoxy) is 2. The molecule has 25 heavy (non-hydrogen) atoms. The van der Waals surface area contributed by atoms with Crippen molar-refractivity contribution in [1.82, 2.24) is 9.80 Å². The first-order valence-corrected chi connectivity index (χ1v) is 9.98. The molecule has 0 saturated carbocycles. The number of amides is 2. The van der Waals surface area contributed by atoms with Gasteiger partial charge < -0.3 is 19.3 Å². The minimum atomic E-state index is -0.321. The van der Waals surface area contributed by atoms with Crippen molar-refractivity contribution in [3.63, 3.8) is 0 Å². The maximum absolute atomic E-state index is 13.1. The van der Waals surface area contributed by atoms with E-state index in [9.17, 15) is 9.59 Å². The number of nitrogens with zero attached hydrogens (tertiary/aromatic N) is 2. The van der Waals surface area contributed by atoms with E-state index in [1.807, 2.05) is 22.4 Å². The van der Waals surface area contributed by atoms with Crippen molar-refractivity contribution in [2.75, 3.05) is 32.8 Å². The van der Waals surface area contributed by atoms with Gasteiger partial charge in [0.15, 0.2) is 6.29 Å². The Kier molecular flexibility index (Phi) is 5.05. The van der Waals surface area contributed by atoms with Crippen LogP contribution in [-0.4, -0.2) is 66.8 Å². The third kappa shape index (κ3) is 3.45. The second kappa shape index (κ2) is 7.43. The highest BCUT2D eigenvalue weighted by molar-refractivity contribution is 7.12. The van der Waals surface area contributed by atoms with Gasteiger partial charge in [-0.3, -0.25) is 9.59 Å². The molecule has 1 unspecified atom stereocenters. The summed E-state index contributed by atoms with van der Waals surface area (Å²) in [7, 11) is 0. The Morgan fingerprint density at radius 2 is 1.92 bits per heavy atom. The third-order valence-corrected chi connectivity index (χ3v) is 6.19. The van der Waals surface area contributed by atoms with Crippen molar-refractivity contribution in [3.05, 3.63) is 22.4 Å². The minimum absolute atomic E-state index is 0.0122. The minimum Gasteiger partial charge on any atom is -0.350 e. The maximum atomic E-state index is 13.1. The molecule has 3 aliphatic rings. The lowest BCUT2D eigenvalue weighted by Gasteiger charge is -2.37. The SMILES string of the molecule is O=C([C@@H]1CCCN1C(=O)c1cccs1)N1CCCC(C2OCCO2)C1. The Hall–Kier alpha value is -1.44. The molecule has 0 radical (unpaired) electrons. The van der Waals surface area contributed by atoms with Crippen LogP contribution in [0.1, 0.15) is 35.4 Å². The summed E-state index contributed by atoms with van der Waals surface area (Å²) in [5.74, 6) is 0.315. The van der Waals surface area contributed by atoms with E-state index < -0.39 is 0 Å². The van der Waals surface area contributed by atoms with Gasteiger partial charge in [-0.05, 0) is 37.1 Å². The van der Waals surface area contributed by atoms with Gasteiger partial charge in [0.1, 0.15) is 6.04 Å². The van der Waals surface area contributed by atoms with Gasteiger partial charge in [-0.2, -0.15) is 0 Å². The smallest absolute Gasteiger partial charge is 0.264 e. The Morgan fingerprint density at radius 3 is 2.68 bits per heavy atom. The Morgan fingerprint density at radius 1 is 1.12 bits per heavy atom. The molecule has 6 nitrogen and oxygen atoms in total. The Balaban J connectivity index is 1.43. The van der Waals surface area contributed by atoms with E-state index in [1.165, 1.54) is 11.3 Å². The molecule has 4 heterocycles. The number of rotatable bonds is 3. The molecule has 2 amide bonds. The van der Waals surface area contributed by atoms with Gasteiger partial charge in [-0.1, -0.05) is 6.07 Å². The molecule has 7 heteroatoms. The van der Waals surface area contributed by atoms with Crippen LogP contribution in [0.2, 0.25) is 0 Å². The van der Waals surface area contributed by atoms with Crippen LogP contribution in [0.3, 0.4) is 0 Å². The van der Waals surface area contributed by atoms with Crippen LogP contribution in [0.5, 0.6) is 0 Å². The molecule has 3 fully saturated rings. The number of carbonyl (C=O) groups excluding carboxylic acids is 2. The van der Waals surface area contributed by atoms with Crippen LogP contribution in [-0.2, 0) is 14.3 Å². The van der Waals surface area contributed by atoms with Gasteiger partial charge in [0.05, 0.1) is 18.1 Å². The zero-order chi connectivity index (χ0) is 17.2. The average molecular weight is 364 g/mol. The van der Waals surface area contributed by atoms with E-state index in [-0.39, 0.29) is 30.1 Å². The predicted molar refractivity (Wildman–Crippen MR) is 93.4 cm³/mol. The fraction of sp³-hybridized carbons (Fsp3) is 0.667. The van der Waals surface area contributed by atoms with E-state index in [1.54, 1.807) is 4.90 Å². The molecule has 0 aliphatic carbocycles. The van der Waals surface area contributed by atoms with Crippen molar-refractivity contribution in [2.24, 2.45) is 5.92 Å². The number of hydrogen-bond donors (Lipinski definition) is 0. The predicted octanol–water partition coefficient (Wildman–Crippen LogP) is 1.96. The standard InChI is InChI=1S/C18H24N2O4S/c21-16(19-7-1-4-13(12-19)18-23-9-10-24-18)14-5-2-8-20(14)17(22)15-6-3-11-25-15/h3,6,11,13-14,18H,1-2,4-5,7-10,12H2/t13?,14-/m0/s1. The highest BCUT2D eigenvalue weighted by Crippen LogP contribution is 2.28. The average Bonchev–Trinajstić information content (AvgIpc) is 3.43. The lowest BCUT2D eigenvalue weighted by molar-refractivity contribution is -0.143. The number of hydrogen-bond acceptors (Lipinski definition) is 5. The van der Waals surface area contributed by atoms with Crippen molar-refractivity contribution in [3.8, 4) is 0 Å². The molecular formula is C18H24N2O4S. The third-order valence-electron chi connectivity index (χ3n) is 5.33. The van der Waals surface area contributed by atoms with Crippen LogP contribution in [0.4, 0.5) is 0 Å². The number of carbonyl (C=O) groups is 2. The largest absolute Gasteiger partial charge is 0.350 e. The Bertz CT molecular complexity index is 615. The van der Waals surface area contributed by atoms with Crippen LogP contribution >= 0.6 is 11.3 Å². The molecule has 1 aromatic rings. The van der Waals surface area contributed by atoms with Gasteiger partial charge in [0, 0.05) is 25.6 Å². The van der Waals surface area contributed by atoms with Gasteiger partial charge >= 0.3 is 0 Å². The van der Waals surface area contributed by atoms with Crippen molar-refractivity contribution in [1.29, 1.82) is 0 Å². The molecule has 4 rings (SSSR count). The molecule has 136 valence electrons. The lowest BCUT2D eigenvalue weighted by atomic mass is 9.96. The molecule has 0 bridgehead atoms.